The number of nitro groups is 1. The van der Waals surface area contributed by atoms with Crippen molar-refractivity contribution in [3.63, 3.8) is 0 Å². The van der Waals surface area contributed by atoms with Crippen LogP contribution in [0.1, 0.15) is 30.1 Å². The lowest BCUT2D eigenvalue weighted by Crippen LogP contribution is -2.26. The number of nitro benzene ring substituents is 1. The number of hydrogen-bond donors (Lipinski definition) is 1. The number of esters is 1. The van der Waals surface area contributed by atoms with Crippen LogP contribution < -0.4 is 5.32 Å². The van der Waals surface area contributed by atoms with E-state index in [1.54, 1.807) is 6.92 Å². The lowest BCUT2D eigenvalue weighted by atomic mass is 10.1. The molecular weight excluding hydrogens is 286 g/mol. The van der Waals surface area contributed by atoms with Gasteiger partial charge in [0.2, 0.25) is 0 Å². The number of anilines is 1. The molecule has 120 valence electrons. The van der Waals surface area contributed by atoms with Crippen LogP contribution in [0, 0.1) is 10.1 Å². The summed E-state index contributed by atoms with van der Waals surface area (Å²) < 4.78 is 4.92. The van der Waals surface area contributed by atoms with Crippen LogP contribution >= 0.6 is 0 Å². The van der Waals surface area contributed by atoms with Crippen LogP contribution in [0.4, 0.5) is 11.4 Å². The van der Waals surface area contributed by atoms with E-state index in [0.29, 0.717) is 17.8 Å². The monoisotopic (exact) mass is 307 g/mol. The number of rotatable bonds is 7. The van der Waals surface area contributed by atoms with Crippen molar-refractivity contribution in [1.29, 1.82) is 0 Å². The molecule has 0 aliphatic carbocycles. The average Bonchev–Trinajstić information content (AvgIpc) is 3.00. The zero-order valence-corrected chi connectivity index (χ0v) is 12.7. The number of ether oxygens (including phenoxy) is 1. The van der Waals surface area contributed by atoms with E-state index in [1.165, 1.54) is 31.0 Å². The van der Waals surface area contributed by atoms with Crippen LogP contribution in [-0.2, 0) is 4.74 Å². The molecular formula is C15H21N3O4. The van der Waals surface area contributed by atoms with Crippen molar-refractivity contribution in [1.82, 2.24) is 4.90 Å². The van der Waals surface area contributed by atoms with E-state index in [2.05, 4.69) is 10.2 Å². The van der Waals surface area contributed by atoms with Crippen molar-refractivity contribution in [2.45, 2.75) is 19.8 Å². The zero-order valence-electron chi connectivity index (χ0n) is 12.7. The molecule has 22 heavy (non-hydrogen) atoms. The zero-order chi connectivity index (χ0) is 15.9. The molecule has 1 aromatic rings. The van der Waals surface area contributed by atoms with Crippen LogP contribution in [-0.4, -0.2) is 48.6 Å². The van der Waals surface area contributed by atoms with Gasteiger partial charge in [0.25, 0.3) is 5.69 Å². The Morgan fingerprint density at radius 1 is 1.41 bits per heavy atom. The minimum Gasteiger partial charge on any atom is -0.462 e. The van der Waals surface area contributed by atoms with Crippen LogP contribution in [0.15, 0.2) is 18.2 Å². The predicted molar refractivity (Wildman–Crippen MR) is 83.2 cm³/mol. The summed E-state index contributed by atoms with van der Waals surface area (Å²) in [6, 6.07) is 4.24. The first-order valence-corrected chi connectivity index (χ1v) is 7.53. The quantitative estimate of drug-likeness (QED) is 0.472. The third-order valence-corrected chi connectivity index (χ3v) is 3.65. The Hall–Kier alpha value is -2.15. The summed E-state index contributed by atoms with van der Waals surface area (Å²) in [6.45, 7) is 5.58. The van der Waals surface area contributed by atoms with Gasteiger partial charge in [0.15, 0.2) is 0 Å². The summed E-state index contributed by atoms with van der Waals surface area (Å²) in [5.41, 5.74) is 0.639. The Morgan fingerprint density at radius 3 is 2.77 bits per heavy atom. The number of likely N-dealkylation sites (tertiary alicyclic amines) is 1. The molecule has 0 unspecified atom stereocenters. The molecule has 0 spiro atoms. The summed E-state index contributed by atoms with van der Waals surface area (Å²) in [5, 5.41) is 14.2. The van der Waals surface area contributed by atoms with E-state index < -0.39 is 10.9 Å². The van der Waals surface area contributed by atoms with E-state index in [-0.39, 0.29) is 12.3 Å². The summed E-state index contributed by atoms with van der Waals surface area (Å²) in [7, 11) is 0. The van der Waals surface area contributed by atoms with Gasteiger partial charge in [-0.05, 0) is 45.0 Å². The highest BCUT2D eigenvalue weighted by molar-refractivity contribution is 5.91. The molecule has 7 heteroatoms. The molecule has 7 nitrogen and oxygen atoms in total. The van der Waals surface area contributed by atoms with Crippen LogP contribution in [0.25, 0.3) is 0 Å². The second-order valence-electron chi connectivity index (χ2n) is 5.19. The molecule has 1 saturated heterocycles. The van der Waals surface area contributed by atoms with Gasteiger partial charge >= 0.3 is 5.97 Å². The fourth-order valence-corrected chi connectivity index (χ4v) is 2.53. The Balaban J connectivity index is 2.05. The van der Waals surface area contributed by atoms with E-state index in [0.717, 1.165) is 19.6 Å². The fraction of sp³-hybridized carbons (Fsp3) is 0.533. The second-order valence-corrected chi connectivity index (χ2v) is 5.19. The van der Waals surface area contributed by atoms with Gasteiger partial charge in [-0.15, -0.1) is 0 Å². The number of carbonyl (C=O) groups is 1. The maximum atomic E-state index is 11.7. The fourth-order valence-electron chi connectivity index (χ4n) is 2.53. The smallest absolute Gasteiger partial charge is 0.338 e. The molecule has 1 aliphatic rings. The van der Waals surface area contributed by atoms with Gasteiger partial charge < -0.3 is 15.0 Å². The molecule has 0 radical (unpaired) electrons. The highest BCUT2D eigenvalue weighted by Crippen LogP contribution is 2.25. The third-order valence-electron chi connectivity index (χ3n) is 3.65. The topological polar surface area (TPSA) is 84.7 Å². The Morgan fingerprint density at radius 2 is 2.14 bits per heavy atom. The molecule has 0 saturated carbocycles. The average molecular weight is 307 g/mol. The highest BCUT2D eigenvalue weighted by Gasteiger charge is 2.18. The molecule has 0 atom stereocenters. The molecule has 1 heterocycles. The molecule has 1 N–H and O–H groups in total. The molecule has 0 bridgehead atoms. The maximum absolute atomic E-state index is 11.7. The summed E-state index contributed by atoms with van der Waals surface area (Å²) >= 11 is 0. The SMILES string of the molecule is CCOC(=O)c1ccc([N+](=O)[O-])c(NCCN2CCCC2)c1. The van der Waals surface area contributed by atoms with E-state index >= 15 is 0 Å². The van der Waals surface area contributed by atoms with Crippen molar-refractivity contribution < 1.29 is 14.5 Å². The number of nitrogens with zero attached hydrogens (tertiary/aromatic N) is 2. The van der Waals surface area contributed by atoms with Crippen LogP contribution in [0.2, 0.25) is 0 Å². The van der Waals surface area contributed by atoms with Crippen molar-refractivity contribution in [3.8, 4) is 0 Å². The number of hydrogen-bond acceptors (Lipinski definition) is 6. The van der Waals surface area contributed by atoms with Crippen molar-refractivity contribution in [2.75, 3.05) is 38.1 Å². The first kappa shape index (κ1) is 16.2. The largest absolute Gasteiger partial charge is 0.462 e. The summed E-state index contributed by atoms with van der Waals surface area (Å²) in [4.78, 5) is 24.7. The molecule has 2 rings (SSSR count). The minimum absolute atomic E-state index is 0.0329. The van der Waals surface area contributed by atoms with Gasteiger partial charge in [0, 0.05) is 19.2 Å². The third kappa shape index (κ3) is 4.17. The van der Waals surface area contributed by atoms with Crippen molar-refractivity contribution >= 4 is 17.3 Å². The Bertz CT molecular complexity index is 542. The predicted octanol–water partition coefficient (Wildman–Crippen LogP) is 2.28. The molecule has 0 amide bonds. The minimum atomic E-state index is -0.472. The van der Waals surface area contributed by atoms with E-state index in [1.807, 2.05) is 0 Å². The van der Waals surface area contributed by atoms with Gasteiger partial charge in [-0.3, -0.25) is 10.1 Å². The van der Waals surface area contributed by atoms with Crippen LogP contribution in [0.5, 0.6) is 0 Å². The molecule has 1 aliphatic heterocycles. The van der Waals surface area contributed by atoms with E-state index in [9.17, 15) is 14.9 Å². The standard InChI is InChI=1S/C15H21N3O4/c1-2-22-15(19)12-5-6-14(18(20)21)13(11-12)16-7-10-17-8-3-4-9-17/h5-6,11,16H,2-4,7-10H2,1H3. The maximum Gasteiger partial charge on any atom is 0.338 e. The summed E-state index contributed by atoms with van der Waals surface area (Å²) in [6.07, 6.45) is 2.41. The number of benzene rings is 1. The molecule has 1 aromatic carbocycles. The van der Waals surface area contributed by atoms with Gasteiger partial charge in [-0.1, -0.05) is 0 Å². The van der Waals surface area contributed by atoms with E-state index in [4.69, 9.17) is 4.74 Å². The highest BCUT2D eigenvalue weighted by atomic mass is 16.6. The Kier molecular flexibility index (Phi) is 5.71. The second kappa shape index (κ2) is 7.74. The molecule has 1 fully saturated rings. The lowest BCUT2D eigenvalue weighted by molar-refractivity contribution is -0.384. The van der Waals surface area contributed by atoms with Gasteiger partial charge in [-0.25, -0.2) is 4.79 Å². The Labute approximate surface area is 129 Å². The first-order chi connectivity index (χ1) is 10.6. The van der Waals surface area contributed by atoms with Crippen LogP contribution in [0.3, 0.4) is 0 Å². The van der Waals surface area contributed by atoms with Crippen molar-refractivity contribution in [3.05, 3.63) is 33.9 Å². The summed E-state index contributed by atoms with van der Waals surface area (Å²) in [5.74, 6) is -0.472. The van der Waals surface area contributed by atoms with Gasteiger partial charge in [-0.2, -0.15) is 0 Å². The lowest BCUT2D eigenvalue weighted by Gasteiger charge is -2.15. The number of nitrogens with one attached hydrogen (secondary N) is 1. The number of carbonyl (C=O) groups excluding carboxylic acids is 1. The normalized spacial score (nSPS) is 14.8. The van der Waals surface area contributed by atoms with Gasteiger partial charge in [0.1, 0.15) is 5.69 Å². The first-order valence-electron chi connectivity index (χ1n) is 7.53. The van der Waals surface area contributed by atoms with Crippen molar-refractivity contribution in [2.24, 2.45) is 0 Å². The van der Waals surface area contributed by atoms with Gasteiger partial charge in [0.05, 0.1) is 17.1 Å². The molecule has 0 aromatic heterocycles.